The molecule has 13 heteroatoms. The molecule has 1 fully saturated rings. The van der Waals surface area contributed by atoms with E-state index in [0.717, 1.165) is 0 Å². The molecule has 0 radical (unpaired) electrons. The molecule has 8 nitrogen and oxygen atoms in total. The highest BCUT2D eigenvalue weighted by Crippen LogP contribution is 2.28. The maximum Gasteiger partial charge on any atom is 0.487 e. The third-order valence-electron chi connectivity index (χ3n) is 4.63. The largest absolute Gasteiger partial charge is 0.487 e. The van der Waals surface area contributed by atoms with Crippen LogP contribution in [0.4, 0.5) is 24.7 Å². The van der Waals surface area contributed by atoms with Gasteiger partial charge < -0.3 is 25.0 Å². The second-order valence-electron chi connectivity index (χ2n) is 7.62. The van der Waals surface area contributed by atoms with Gasteiger partial charge in [-0.1, -0.05) is 12.2 Å². The zero-order valence-corrected chi connectivity index (χ0v) is 19.7. The van der Waals surface area contributed by atoms with Crippen molar-refractivity contribution in [2.24, 2.45) is 4.99 Å². The summed E-state index contributed by atoms with van der Waals surface area (Å²) in [5.74, 6) is -0.449. The van der Waals surface area contributed by atoms with Gasteiger partial charge >= 0.3 is 5.57 Å². The Hall–Kier alpha value is -2.96. The minimum atomic E-state index is -3.85. The molecule has 1 aromatic heterocycles. The van der Waals surface area contributed by atoms with Crippen molar-refractivity contribution in [1.82, 2.24) is 9.88 Å². The summed E-state index contributed by atoms with van der Waals surface area (Å²) in [6, 6.07) is 6.62. The van der Waals surface area contributed by atoms with Crippen LogP contribution in [0, 0.1) is 0 Å². The van der Waals surface area contributed by atoms with Crippen LogP contribution in [0.15, 0.2) is 41.5 Å². The number of nitrogens with one attached hydrogen (secondary N) is 1. The Morgan fingerprint density at radius 1 is 1.38 bits per heavy atom. The number of benzene rings is 1. The van der Waals surface area contributed by atoms with Crippen molar-refractivity contribution in [3.8, 4) is 5.75 Å². The van der Waals surface area contributed by atoms with Crippen LogP contribution >= 0.6 is 23.8 Å². The van der Waals surface area contributed by atoms with Gasteiger partial charge in [0.25, 0.3) is 5.91 Å². The number of hydrogen-bond donors (Lipinski definition) is 2. The topological polar surface area (TPSA) is 90.3 Å². The molecular weight excluding hydrogens is 495 g/mol. The molecule has 2 N–H and O–H groups in total. The Morgan fingerprint density at radius 3 is 2.62 bits per heavy atom. The zero-order valence-electron chi connectivity index (χ0n) is 18.1. The molecule has 182 valence electrons. The van der Waals surface area contributed by atoms with Crippen molar-refractivity contribution in [2.45, 2.75) is 17.8 Å². The number of ether oxygens (including phenoxy) is 1. The lowest BCUT2D eigenvalue weighted by atomic mass is 10.1. The fourth-order valence-corrected chi connectivity index (χ4v) is 3.38. The highest BCUT2D eigenvalue weighted by molar-refractivity contribution is 7.80. The van der Waals surface area contributed by atoms with Gasteiger partial charge in [0.1, 0.15) is 28.8 Å². The Kier molecular flexibility index (Phi) is 7.95. The van der Waals surface area contributed by atoms with Crippen LogP contribution in [-0.2, 0) is 0 Å². The normalized spacial score (nSPS) is 18.3. The maximum atomic E-state index is 13.9. The number of carbonyl (C=O) groups is 1. The van der Waals surface area contributed by atoms with E-state index in [1.165, 1.54) is 47.8 Å². The molecule has 2 unspecified atom stereocenters. The highest BCUT2D eigenvalue weighted by atomic mass is 35.5. The molecule has 2 heterocycles. The van der Waals surface area contributed by atoms with Crippen LogP contribution in [0.25, 0.3) is 0 Å². The van der Waals surface area contributed by atoms with E-state index in [4.69, 9.17) is 23.8 Å². The number of carbonyl (C=O) groups excluding carboxylic acids is 1. The average molecular weight is 516 g/mol. The first-order valence-electron chi connectivity index (χ1n) is 9.92. The predicted molar refractivity (Wildman–Crippen MR) is 127 cm³/mol. The first-order chi connectivity index (χ1) is 15.9. The van der Waals surface area contributed by atoms with Crippen molar-refractivity contribution in [3.63, 3.8) is 0 Å². The second kappa shape index (κ2) is 10.5. The second-order valence-corrected chi connectivity index (χ2v) is 8.45. The molecule has 34 heavy (non-hydrogen) atoms. The fourth-order valence-electron chi connectivity index (χ4n) is 3.09. The number of aliphatic hydroxyl groups excluding tert-OH is 1. The number of anilines is 2. The van der Waals surface area contributed by atoms with Crippen molar-refractivity contribution in [1.29, 1.82) is 0 Å². The first-order valence-corrected chi connectivity index (χ1v) is 10.7. The van der Waals surface area contributed by atoms with Gasteiger partial charge in [0.05, 0.1) is 24.0 Å². The molecule has 2 atom stereocenters. The molecule has 1 aliphatic heterocycles. The van der Waals surface area contributed by atoms with Gasteiger partial charge in [-0.2, -0.15) is 0 Å². The maximum absolute atomic E-state index is 13.9. The van der Waals surface area contributed by atoms with Gasteiger partial charge in [-0.25, -0.2) is 14.4 Å². The number of aliphatic imine (C=N–C) groups is 1. The number of rotatable bonds is 7. The van der Waals surface area contributed by atoms with Gasteiger partial charge in [0.2, 0.25) is 0 Å². The van der Waals surface area contributed by atoms with E-state index >= 15 is 0 Å². The molecule has 2 aromatic rings. The summed E-state index contributed by atoms with van der Waals surface area (Å²) in [4.78, 5) is 24.6. The molecule has 1 aliphatic rings. The summed E-state index contributed by atoms with van der Waals surface area (Å²) in [7, 11) is 3.51. The summed E-state index contributed by atoms with van der Waals surface area (Å²) in [6.07, 6.45) is 0.156. The third kappa shape index (κ3) is 6.78. The number of amides is 1. The van der Waals surface area contributed by atoms with Gasteiger partial charge in [0.15, 0.2) is 0 Å². The smallest absolute Gasteiger partial charge is 0.420 e. The quantitative estimate of drug-likeness (QED) is 0.253. The average Bonchev–Trinajstić information content (AvgIpc) is 3.10. The van der Waals surface area contributed by atoms with Crippen molar-refractivity contribution in [2.75, 3.05) is 37.4 Å². The van der Waals surface area contributed by atoms with Gasteiger partial charge in [-0.3, -0.25) is 4.79 Å². The lowest BCUT2D eigenvalue weighted by Crippen LogP contribution is -2.25. The molecule has 1 aromatic carbocycles. The minimum Gasteiger partial charge on any atom is -0.420 e. The lowest BCUT2D eigenvalue weighted by Gasteiger charge is -2.20. The third-order valence-corrected chi connectivity index (χ3v) is 5.03. The van der Waals surface area contributed by atoms with Crippen LogP contribution in [-0.4, -0.2) is 77.3 Å². The number of pyridine rings is 1. The standard InChI is InChI=1S/C21H21ClF3N5O3S/c1-29(2)11-27-20(34)15-7-12(8-26-18(15)30-9-16(23)17(31)10-30)19(32)28-13-3-5-14(6-4-13)33-21(22,24)25/h3-8,11,16-17,31H,9-10H2,1-2H3,(H,28,32). The van der Waals surface area contributed by atoms with Crippen molar-refractivity contribution in [3.05, 3.63) is 47.7 Å². The van der Waals surface area contributed by atoms with E-state index < -0.39 is 23.8 Å². The van der Waals surface area contributed by atoms with E-state index in [1.54, 1.807) is 19.0 Å². The summed E-state index contributed by atoms with van der Waals surface area (Å²) in [5, 5.41) is 12.4. The Morgan fingerprint density at radius 2 is 2.06 bits per heavy atom. The first kappa shape index (κ1) is 25.7. The number of hydrogen-bond acceptors (Lipinski definition) is 6. The van der Waals surface area contributed by atoms with Crippen LogP contribution in [0.3, 0.4) is 0 Å². The molecular formula is C21H21ClF3N5O3S. The number of aromatic nitrogens is 1. The van der Waals surface area contributed by atoms with E-state index in [1.807, 2.05) is 0 Å². The van der Waals surface area contributed by atoms with Crippen molar-refractivity contribution < 1.29 is 27.8 Å². The number of thiocarbonyl (C=S) groups is 1. The molecule has 0 bridgehead atoms. The Labute approximate surface area is 204 Å². The Balaban J connectivity index is 1.84. The van der Waals surface area contributed by atoms with Gasteiger partial charge in [-0.05, 0) is 30.3 Å². The van der Waals surface area contributed by atoms with E-state index in [2.05, 4.69) is 20.0 Å². The molecule has 3 rings (SSSR count). The van der Waals surface area contributed by atoms with Gasteiger partial charge in [-0.15, -0.1) is 8.78 Å². The van der Waals surface area contributed by atoms with Crippen LogP contribution in [0.2, 0.25) is 0 Å². The van der Waals surface area contributed by atoms with E-state index in [0.29, 0.717) is 17.1 Å². The number of alkyl halides is 4. The van der Waals surface area contributed by atoms with Crippen LogP contribution < -0.4 is 15.0 Å². The van der Waals surface area contributed by atoms with Crippen molar-refractivity contribution >= 4 is 52.6 Å². The summed E-state index contributed by atoms with van der Waals surface area (Å²) < 4.78 is 43.6. The summed E-state index contributed by atoms with van der Waals surface area (Å²) in [6.45, 7) is -0.0645. The minimum absolute atomic E-state index is 0.0164. The van der Waals surface area contributed by atoms with Crippen LogP contribution in [0.1, 0.15) is 15.9 Å². The van der Waals surface area contributed by atoms with Gasteiger partial charge in [0, 0.05) is 44.1 Å². The number of nitrogens with zero attached hydrogens (tertiary/aromatic N) is 4. The number of halogens is 4. The van der Waals surface area contributed by atoms with E-state index in [9.17, 15) is 23.1 Å². The monoisotopic (exact) mass is 515 g/mol. The van der Waals surface area contributed by atoms with E-state index in [-0.39, 0.29) is 29.4 Å². The molecule has 1 amide bonds. The predicted octanol–water partition coefficient (Wildman–Crippen LogP) is 3.29. The lowest BCUT2D eigenvalue weighted by molar-refractivity contribution is -0.0964. The number of aliphatic hydroxyl groups is 1. The summed E-state index contributed by atoms with van der Waals surface area (Å²) in [5.41, 5.74) is -3.10. The zero-order chi connectivity index (χ0) is 25.0. The molecule has 1 saturated heterocycles. The SMILES string of the molecule is CN(C)C=NC(=S)c1cc(C(=O)Nc2ccc(OC(F)(F)Cl)cc2)cnc1N1CC(O)C(F)C1. The molecule has 0 aliphatic carbocycles. The number of β-amino-alcohol motifs (C(OH)–C–C–N with tert-alkyl or cyclic N) is 1. The Bertz CT molecular complexity index is 1070. The fraction of sp³-hybridized carbons (Fsp3) is 0.333. The summed E-state index contributed by atoms with van der Waals surface area (Å²) >= 11 is 10.1. The molecule has 0 saturated carbocycles. The van der Waals surface area contributed by atoms with Crippen LogP contribution in [0.5, 0.6) is 5.75 Å². The highest BCUT2D eigenvalue weighted by Gasteiger charge is 2.33. The molecule has 0 spiro atoms.